The summed E-state index contributed by atoms with van der Waals surface area (Å²) in [5.74, 6) is 0. The summed E-state index contributed by atoms with van der Waals surface area (Å²) in [6, 6.07) is 18.8. The number of hydrogen-bond donors (Lipinski definition) is 1. The molecular formula is C15H16N2O4. The van der Waals surface area contributed by atoms with Crippen LogP contribution in [0, 0.1) is 0 Å². The van der Waals surface area contributed by atoms with Crippen molar-refractivity contribution in [3.8, 4) is 0 Å². The van der Waals surface area contributed by atoms with E-state index in [-0.39, 0.29) is 13.2 Å². The van der Waals surface area contributed by atoms with Crippen LogP contribution in [0.5, 0.6) is 0 Å². The minimum absolute atomic E-state index is 0.183. The number of primary amides is 1. The Kier molecular flexibility index (Phi) is 5.71. The molecule has 6 nitrogen and oxygen atoms in total. The van der Waals surface area contributed by atoms with Crippen molar-refractivity contribution in [3.05, 3.63) is 71.8 Å². The summed E-state index contributed by atoms with van der Waals surface area (Å²) in [5.41, 5.74) is 6.77. The molecule has 0 saturated carbocycles. The monoisotopic (exact) mass is 288 g/mol. The molecule has 0 aromatic heterocycles. The molecule has 0 radical (unpaired) electrons. The molecule has 0 aliphatic rings. The van der Waals surface area contributed by atoms with Gasteiger partial charge in [0.05, 0.1) is 13.2 Å². The second-order valence-electron chi connectivity index (χ2n) is 4.15. The second-order valence-corrected chi connectivity index (χ2v) is 4.15. The molecule has 2 rings (SSSR count). The Morgan fingerprint density at radius 3 is 1.67 bits per heavy atom. The third-order valence-corrected chi connectivity index (χ3v) is 2.52. The third-order valence-electron chi connectivity index (χ3n) is 2.52. The van der Waals surface area contributed by atoms with E-state index in [0.29, 0.717) is 5.39 Å². The van der Waals surface area contributed by atoms with Crippen molar-refractivity contribution < 1.29 is 19.3 Å². The zero-order valence-electron chi connectivity index (χ0n) is 11.3. The maximum Gasteiger partial charge on any atom is 0.427 e. The summed E-state index contributed by atoms with van der Waals surface area (Å²) in [5, 5.41) is 0.627. The lowest BCUT2D eigenvalue weighted by molar-refractivity contribution is -0.511. The van der Waals surface area contributed by atoms with Gasteiger partial charge in [-0.05, 0) is 11.1 Å². The van der Waals surface area contributed by atoms with E-state index in [2.05, 4.69) is 4.84 Å². The minimum Gasteiger partial charge on any atom is -0.333 e. The molecule has 110 valence electrons. The first-order chi connectivity index (χ1) is 10.2. The average molecular weight is 288 g/mol. The number of nitrogens with zero attached hydrogens (tertiary/aromatic N) is 1. The zero-order valence-corrected chi connectivity index (χ0v) is 11.3. The summed E-state index contributed by atoms with van der Waals surface area (Å²) in [6.45, 7) is 0.367. The SMILES string of the molecule is NC(=O)ON(OCc1ccccc1)OCc1ccccc1. The molecule has 0 aliphatic carbocycles. The van der Waals surface area contributed by atoms with Crippen molar-refractivity contribution in [2.75, 3.05) is 0 Å². The normalized spacial score (nSPS) is 10.5. The number of nitrogens with two attached hydrogens (primary N) is 1. The van der Waals surface area contributed by atoms with Crippen molar-refractivity contribution in [1.29, 1.82) is 0 Å². The minimum atomic E-state index is -1.02. The number of hydrogen-bond acceptors (Lipinski definition) is 5. The van der Waals surface area contributed by atoms with Gasteiger partial charge in [0.1, 0.15) is 5.39 Å². The van der Waals surface area contributed by atoms with Crippen LogP contribution >= 0.6 is 0 Å². The molecule has 0 fully saturated rings. The topological polar surface area (TPSA) is 74.0 Å². The van der Waals surface area contributed by atoms with E-state index in [1.807, 2.05) is 60.7 Å². The highest BCUT2D eigenvalue weighted by atomic mass is 17.2. The summed E-state index contributed by atoms with van der Waals surface area (Å²) in [4.78, 5) is 25.9. The van der Waals surface area contributed by atoms with E-state index in [0.717, 1.165) is 11.1 Å². The molecule has 1 amide bonds. The van der Waals surface area contributed by atoms with Gasteiger partial charge in [0.2, 0.25) is 0 Å². The van der Waals surface area contributed by atoms with E-state index in [9.17, 15) is 4.79 Å². The molecule has 2 aromatic rings. The maximum absolute atomic E-state index is 10.8. The van der Waals surface area contributed by atoms with Crippen molar-refractivity contribution in [3.63, 3.8) is 0 Å². The van der Waals surface area contributed by atoms with Crippen LogP contribution in [0.1, 0.15) is 11.1 Å². The van der Waals surface area contributed by atoms with Crippen molar-refractivity contribution in [2.24, 2.45) is 5.73 Å². The van der Waals surface area contributed by atoms with E-state index in [1.165, 1.54) is 0 Å². The number of carbonyl (C=O) groups is 1. The highest BCUT2D eigenvalue weighted by Gasteiger charge is 2.12. The fraction of sp³-hybridized carbons (Fsp3) is 0.133. The van der Waals surface area contributed by atoms with Gasteiger partial charge in [-0.1, -0.05) is 60.7 Å². The fourth-order valence-electron chi connectivity index (χ4n) is 1.57. The molecular weight excluding hydrogens is 272 g/mol. The number of benzene rings is 2. The maximum atomic E-state index is 10.8. The van der Waals surface area contributed by atoms with E-state index in [1.54, 1.807) is 0 Å². The Balaban J connectivity index is 1.87. The second kappa shape index (κ2) is 8.01. The fourth-order valence-corrected chi connectivity index (χ4v) is 1.57. The van der Waals surface area contributed by atoms with Crippen LogP contribution < -0.4 is 5.73 Å². The first kappa shape index (κ1) is 15.0. The van der Waals surface area contributed by atoms with Crippen molar-refractivity contribution in [2.45, 2.75) is 13.2 Å². The summed E-state index contributed by atoms with van der Waals surface area (Å²) >= 11 is 0. The van der Waals surface area contributed by atoms with Crippen LogP contribution in [-0.2, 0) is 27.7 Å². The lowest BCUT2D eigenvalue weighted by Crippen LogP contribution is -2.30. The van der Waals surface area contributed by atoms with E-state index >= 15 is 0 Å². The Bertz CT molecular complexity index is 505. The van der Waals surface area contributed by atoms with Gasteiger partial charge in [0.25, 0.3) is 0 Å². The van der Waals surface area contributed by atoms with Gasteiger partial charge in [-0.15, -0.1) is 0 Å². The van der Waals surface area contributed by atoms with E-state index < -0.39 is 6.09 Å². The molecule has 2 N–H and O–H groups in total. The molecule has 6 heteroatoms. The zero-order chi connectivity index (χ0) is 14.9. The highest BCUT2D eigenvalue weighted by molar-refractivity contribution is 5.64. The molecule has 0 saturated heterocycles. The van der Waals surface area contributed by atoms with Gasteiger partial charge in [-0.2, -0.15) is 0 Å². The van der Waals surface area contributed by atoms with Gasteiger partial charge in [-0.25, -0.2) is 14.5 Å². The van der Waals surface area contributed by atoms with Crippen LogP contribution in [0.4, 0.5) is 4.79 Å². The number of rotatable bonds is 7. The Hall–Kier alpha value is -2.41. The first-order valence-electron chi connectivity index (χ1n) is 6.35. The predicted molar refractivity (Wildman–Crippen MR) is 75.0 cm³/mol. The van der Waals surface area contributed by atoms with Gasteiger partial charge < -0.3 is 5.73 Å². The largest absolute Gasteiger partial charge is 0.427 e. The molecule has 21 heavy (non-hydrogen) atoms. The quantitative estimate of drug-likeness (QED) is 0.793. The van der Waals surface area contributed by atoms with Gasteiger partial charge >= 0.3 is 6.09 Å². The molecule has 0 bridgehead atoms. The number of carbonyl (C=O) groups excluding carboxylic acids is 1. The first-order valence-corrected chi connectivity index (χ1v) is 6.35. The van der Waals surface area contributed by atoms with Crippen LogP contribution in [0.3, 0.4) is 0 Å². The highest BCUT2D eigenvalue weighted by Crippen LogP contribution is 2.07. The smallest absolute Gasteiger partial charge is 0.333 e. The molecule has 0 heterocycles. The van der Waals surface area contributed by atoms with E-state index in [4.69, 9.17) is 15.4 Å². The Labute approximate surface area is 122 Å². The molecule has 0 spiro atoms. The van der Waals surface area contributed by atoms with Crippen molar-refractivity contribution in [1.82, 2.24) is 5.39 Å². The lowest BCUT2D eigenvalue weighted by atomic mass is 10.2. The Morgan fingerprint density at radius 2 is 1.29 bits per heavy atom. The molecule has 0 aliphatic heterocycles. The summed E-state index contributed by atoms with van der Waals surface area (Å²) in [7, 11) is 0. The molecule has 2 aromatic carbocycles. The van der Waals surface area contributed by atoms with Gasteiger partial charge in [0.15, 0.2) is 0 Å². The third kappa shape index (κ3) is 5.62. The van der Waals surface area contributed by atoms with Gasteiger partial charge in [0, 0.05) is 0 Å². The number of amides is 1. The average Bonchev–Trinajstić information content (AvgIpc) is 2.51. The molecule has 0 unspecified atom stereocenters. The van der Waals surface area contributed by atoms with Gasteiger partial charge in [-0.3, -0.25) is 4.84 Å². The van der Waals surface area contributed by atoms with Crippen LogP contribution in [0.15, 0.2) is 60.7 Å². The van der Waals surface area contributed by atoms with Crippen LogP contribution in [0.2, 0.25) is 0 Å². The molecule has 0 atom stereocenters. The van der Waals surface area contributed by atoms with Crippen LogP contribution in [0.25, 0.3) is 0 Å². The van der Waals surface area contributed by atoms with Crippen LogP contribution in [-0.4, -0.2) is 11.5 Å². The predicted octanol–water partition coefficient (Wildman–Crippen LogP) is 2.56. The Morgan fingerprint density at radius 1 is 0.857 bits per heavy atom. The lowest BCUT2D eigenvalue weighted by Gasteiger charge is -2.17. The summed E-state index contributed by atoms with van der Waals surface area (Å²) in [6.07, 6.45) is -1.02. The standard InChI is InChI=1S/C15H16N2O4/c16-15(18)21-17(19-11-13-7-3-1-4-8-13)20-12-14-9-5-2-6-10-14/h1-10H,11-12H2,(H2,16,18). The summed E-state index contributed by atoms with van der Waals surface area (Å²) < 4.78 is 0. The van der Waals surface area contributed by atoms with Crippen molar-refractivity contribution >= 4 is 6.09 Å².